The number of rotatable bonds is 8. The number of hydrogen-bond acceptors (Lipinski definition) is 5. The van der Waals surface area contributed by atoms with E-state index < -0.39 is 32.8 Å². The molecule has 0 amide bonds. The average Bonchev–Trinajstić information content (AvgIpc) is 2.73. The van der Waals surface area contributed by atoms with Crippen molar-refractivity contribution in [2.45, 2.75) is 30.8 Å². The molecule has 1 rings (SSSR count). The molecule has 0 spiro atoms. The number of carboxylic acids is 1. The number of carboxylic acid groups (broad SMARTS) is 1. The second-order valence-electron chi connectivity index (χ2n) is 4.35. The molecule has 20 heavy (non-hydrogen) atoms. The predicted molar refractivity (Wildman–Crippen MR) is 73.2 cm³/mol. The first kappa shape index (κ1) is 16.8. The summed E-state index contributed by atoms with van der Waals surface area (Å²) in [6.45, 7) is 1.72. The van der Waals surface area contributed by atoms with Crippen LogP contribution in [0.1, 0.15) is 13.3 Å². The average molecular weight is 323 g/mol. The highest BCUT2D eigenvalue weighted by molar-refractivity contribution is 7.89. The summed E-state index contributed by atoms with van der Waals surface area (Å²) < 4.78 is 38.7. The molecular formula is C10H17N3O5S2. The van der Waals surface area contributed by atoms with Crippen molar-refractivity contribution < 1.29 is 22.5 Å². The van der Waals surface area contributed by atoms with Crippen LogP contribution in [0.5, 0.6) is 0 Å². The molecule has 0 fully saturated rings. The molecule has 0 radical (unpaired) electrons. The highest BCUT2D eigenvalue weighted by atomic mass is 32.2. The second kappa shape index (κ2) is 6.95. The summed E-state index contributed by atoms with van der Waals surface area (Å²) in [7, 11) is -4.84. The number of nitrogens with zero attached hydrogens (tertiary/aromatic N) is 2. The molecule has 2 N–H and O–H groups in total. The molecule has 0 aromatic carbocycles. The van der Waals surface area contributed by atoms with Crippen molar-refractivity contribution in [3.63, 3.8) is 0 Å². The quantitative estimate of drug-likeness (QED) is 0.659. The predicted octanol–water partition coefficient (Wildman–Crippen LogP) is -0.597. The van der Waals surface area contributed by atoms with Crippen LogP contribution >= 0.6 is 0 Å². The van der Waals surface area contributed by atoms with Crippen LogP contribution in [0, 0.1) is 0 Å². The van der Waals surface area contributed by atoms with Crippen LogP contribution in [0.25, 0.3) is 0 Å². The minimum absolute atomic E-state index is 0.0448. The molecule has 2 atom stereocenters. The SMILES string of the molecule is CC(CS(C)=O)NS(=O)(=O)c1cnn(CCC(=O)O)c1. The molecule has 0 aliphatic carbocycles. The molecule has 0 saturated carbocycles. The Morgan fingerprint density at radius 3 is 2.80 bits per heavy atom. The van der Waals surface area contributed by atoms with Gasteiger partial charge in [0.15, 0.2) is 0 Å². The van der Waals surface area contributed by atoms with Gasteiger partial charge in [0, 0.05) is 35.0 Å². The fraction of sp³-hybridized carbons (Fsp3) is 0.600. The van der Waals surface area contributed by atoms with Crippen molar-refractivity contribution in [1.82, 2.24) is 14.5 Å². The maximum absolute atomic E-state index is 12.0. The van der Waals surface area contributed by atoms with Crippen molar-refractivity contribution in [2.75, 3.05) is 12.0 Å². The van der Waals surface area contributed by atoms with E-state index in [1.54, 1.807) is 6.92 Å². The monoisotopic (exact) mass is 323 g/mol. The lowest BCUT2D eigenvalue weighted by Gasteiger charge is -2.11. The normalized spacial score (nSPS) is 14.9. The Morgan fingerprint density at radius 1 is 1.60 bits per heavy atom. The number of aliphatic carboxylic acids is 1. The third kappa shape index (κ3) is 5.39. The summed E-state index contributed by atoms with van der Waals surface area (Å²) >= 11 is 0. The minimum Gasteiger partial charge on any atom is -0.481 e. The van der Waals surface area contributed by atoms with Gasteiger partial charge in [0.05, 0.1) is 19.2 Å². The molecule has 0 saturated heterocycles. The van der Waals surface area contributed by atoms with Crippen molar-refractivity contribution in [3.8, 4) is 0 Å². The van der Waals surface area contributed by atoms with E-state index in [0.29, 0.717) is 0 Å². The minimum atomic E-state index is -3.74. The Morgan fingerprint density at radius 2 is 2.25 bits per heavy atom. The molecule has 2 unspecified atom stereocenters. The number of carbonyl (C=O) groups is 1. The van der Waals surface area contributed by atoms with E-state index in [0.717, 1.165) is 6.20 Å². The third-order valence-electron chi connectivity index (χ3n) is 2.32. The van der Waals surface area contributed by atoms with Crippen LogP contribution in [0.3, 0.4) is 0 Å². The smallest absolute Gasteiger partial charge is 0.305 e. The largest absolute Gasteiger partial charge is 0.481 e. The van der Waals surface area contributed by atoms with E-state index in [-0.39, 0.29) is 23.6 Å². The molecule has 10 heteroatoms. The Bertz CT molecular complexity index is 596. The van der Waals surface area contributed by atoms with Crippen molar-refractivity contribution in [3.05, 3.63) is 12.4 Å². The molecule has 0 aliphatic heterocycles. The van der Waals surface area contributed by atoms with E-state index in [1.807, 2.05) is 0 Å². The van der Waals surface area contributed by atoms with Gasteiger partial charge in [0.25, 0.3) is 0 Å². The lowest BCUT2D eigenvalue weighted by atomic mass is 10.4. The third-order valence-corrected chi connectivity index (χ3v) is 4.83. The van der Waals surface area contributed by atoms with Gasteiger partial charge < -0.3 is 5.11 Å². The van der Waals surface area contributed by atoms with Crippen molar-refractivity contribution in [1.29, 1.82) is 0 Å². The summed E-state index contributed by atoms with van der Waals surface area (Å²) in [4.78, 5) is 10.4. The Hall–Kier alpha value is -1.26. The summed E-state index contributed by atoms with van der Waals surface area (Å²) in [5, 5.41) is 12.3. The first-order valence-corrected chi connectivity index (χ1v) is 8.98. The first-order chi connectivity index (χ1) is 9.20. The van der Waals surface area contributed by atoms with E-state index in [4.69, 9.17) is 5.11 Å². The number of aryl methyl sites for hydroxylation is 1. The zero-order chi connectivity index (χ0) is 15.3. The number of aromatic nitrogens is 2. The topological polar surface area (TPSA) is 118 Å². The van der Waals surface area contributed by atoms with Gasteiger partial charge in [0.1, 0.15) is 4.90 Å². The van der Waals surface area contributed by atoms with Crippen LogP contribution in [0.2, 0.25) is 0 Å². The summed E-state index contributed by atoms with van der Waals surface area (Å²) in [6.07, 6.45) is 3.77. The fourth-order valence-corrected chi connectivity index (χ4v) is 3.62. The highest BCUT2D eigenvalue weighted by Crippen LogP contribution is 2.08. The Balaban J connectivity index is 2.73. The zero-order valence-electron chi connectivity index (χ0n) is 11.1. The molecule has 1 aromatic heterocycles. The highest BCUT2D eigenvalue weighted by Gasteiger charge is 2.20. The van der Waals surface area contributed by atoms with Crippen LogP contribution in [-0.4, -0.2) is 51.5 Å². The summed E-state index contributed by atoms with van der Waals surface area (Å²) in [6, 6.07) is -0.465. The van der Waals surface area contributed by atoms with E-state index >= 15 is 0 Å². The lowest BCUT2D eigenvalue weighted by molar-refractivity contribution is -0.137. The van der Waals surface area contributed by atoms with Gasteiger partial charge in [0.2, 0.25) is 10.0 Å². The number of hydrogen-bond donors (Lipinski definition) is 2. The van der Waals surface area contributed by atoms with Gasteiger partial charge in [-0.1, -0.05) is 0 Å². The van der Waals surface area contributed by atoms with Crippen LogP contribution in [-0.2, 0) is 32.2 Å². The molecule has 0 aliphatic rings. The summed E-state index contributed by atoms with van der Waals surface area (Å²) in [5.74, 6) is -0.770. The van der Waals surface area contributed by atoms with Crippen LogP contribution in [0.15, 0.2) is 17.3 Å². The molecule has 1 heterocycles. The second-order valence-corrected chi connectivity index (χ2v) is 7.54. The van der Waals surface area contributed by atoms with Crippen molar-refractivity contribution in [2.24, 2.45) is 0 Å². The van der Waals surface area contributed by atoms with Crippen molar-refractivity contribution >= 4 is 26.8 Å². The van der Waals surface area contributed by atoms with Gasteiger partial charge in [-0.2, -0.15) is 5.10 Å². The van der Waals surface area contributed by atoms with E-state index in [9.17, 15) is 17.4 Å². The maximum atomic E-state index is 12.0. The zero-order valence-corrected chi connectivity index (χ0v) is 12.8. The molecule has 8 nitrogen and oxygen atoms in total. The van der Waals surface area contributed by atoms with Crippen LogP contribution < -0.4 is 4.72 Å². The van der Waals surface area contributed by atoms with Gasteiger partial charge >= 0.3 is 5.97 Å². The van der Waals surface area contributed by atoms with Gasteiger partial charge in [-0.15, -0.1) is 0 Å². The lowest BCUT2D eigenvalue weighted by Crippen LogP contribution is -2.36. The van der Waals surface area contributed by atoms with Gasteiger partial charge in [-0.3, -0.25) is 13.7 Å². The first-order valence-electron chi connectivity index (χ1n) is 5.77. The standard InChI is InChI=1S/C10H17N3O5S2/c1-8(7-19(2)16)12-20(17,18)9-5-11-13(6-9)4-3-10(14)15/h5-6,8,12H,3-4,7H2,1-2H3,(H,14,15). The van der Waals surface area contributed by atoms with E-state index in [2.05, 4.69) is 9.82 Å². The molecular weight excluding hydrogens is 306 g/mol. The van der Waals surface area contributed by atoms with E-state index in [1.165, 1.54) is 17.1 Å². The summed E-state index contributed by atoms with van der Waals surface area (Å²) in [5.41, 5.74) is 0. The number of nitrogens with one attached hydrogen (secondary N) is 1. The van der Waals surface area contributed by atoms with Crippen LogP contribution in [0.4, 0.5) is 0 Å². The Kier molecular flexibility index (Phi) is 5.84. The van der Waals surface area contributed by atoms with Gasteiger partial charge in [-0.05, 0) is 6.92 Å². The van der Waals surface area contributed by atoms with Gasteiger partial charge in [-0.25, -0.2) is 13.1 Å². The molecule has 1 aromatic rings. The maximum Gasteiger partial charge on any atom is 0.305 e. The molecule has 0 bridgehead atoms. The fourth-order valence-electron chi connectivity index (χ4n) is 1.53. The number of sulfonamides is 1. The Labute approximate surface area is 119 Å². The molecule has 114 valence electrons.